The molecule has 1 aliphatic heterocycles. The molecule has 0 radical (unpaired) electrons. The molecule has 1 amide bonds. The van der Waals surface area contributed by atoms with Gasteiger partial charge in [-0.2, -0.15) is 0 Å². The van der Waals surface area contributed by atoms with Crippen molar-refractivity contribution in [2.75, 3.05) is 13.1 Å². The van der Waals surface area contributed by atoms with Crippen LogP contribution in [-0.2, 0) is 14.8 Å². The zero-order valence-corrected chi connectivity index (χ0v) is 17.6. The lowest BCUT2D eigenvalue weighted by molar-refractivity contribution is -0.123. The molecule has 1 atom stereocenters. The Labute approximate surface area is 167 Å². The predicted octanol–water partition coefficient (Wildman–Crippen LogP) is 1.81. The highest BCUT2D eigenvalue weighted by molar-refractivity contribution is 7.90. The molecular formula is C18H29ClN4O3S. The van der Waals surface area contributed by atoms with E-state index in [1.165, 1.54) is 0 Å². The van der Waals surface area contributed by atoms with E-state index in [0.29, 0.717) is 43.2 Å². The zero-order valence-electron chi connectivity index (χ0n) is 16.0. The van der Waals surface area contributed by atoms with Gasteiger partial charge in [-0.15, -0.1) is 12.4 Å². The van der Waals surface area contributed by atoms with E-state index in [9.17, 15) is 13.2 Å². The van der Waals surface area contributed by atoms with E-state index in [1.54, 1.807) is 24.3 Å². The molecule has 9 heteroatoms. The summed E-state index contributed by atoms with van der Waals surface area (Å²) in [6.45, 7) is 6.89. The molecule has 0 aliphatic carbocycles. The molecule has 0 saturated carbocycles. The summed E-state index contributed by atoms with van der Waals surface area (Å²) in [6, 6.07) is 6.72. The van der Waals surface area contributed by atoms with Gasteiger partial charge in [-0.1, -0.05) is 26.0 Å². The summed E-state index contributed by atoms with van der Waals surface area (Å²) < 4.78 is 26.5. The van der Waals surface area contributed by atoms with Gasteiger partial charge < -0.3 is 11.1 Å². The number of fused-ring (bicyclic) bond motifs is 1. The summed E-state index contributed by atoms with van der Waals surface area (Å²) in [5.74, 6) is 0.713. The summed E-state index contributed by atoms with van der Waals surface area (Å²) in [5, 5.41) is 3.01. The number of sulfonamides is 1. The Morgan fingerprint density at radius 2 is 2.00 bits per heavy atom. The van der Waals surface area contributed by atoms with Gasteiger partial charge in [-0.3, -0.25) is 14.5 Å². The van der Waals surface area contributed by atoms with E-state index in [-0.39, 0.29) is 23.2 Å². The maximum absolute atomic E-state index is 12.2. The fourth-order valence-electron chi connectivity index (χ4n) is 3.17. The van der Waals surface area contributed by atoms with Gasteiger partial charge in [0.1, 0.15) is 5.84 Å². The first-order valence-corrected chi connectivity index (χ1v) is 10.3. The number of nitrogens with two attached hydrogens (primary N) is 1. The smallest absolute Gasteiger partial charge is 0.263 e. The lowest BCUT2D eigenvalue weighted by Crippen LogP contribution is -2.52. The second kappa shape index (κ2) is 9.52. The van der Waals surface area contributed by atoms with Crippen LogP contribution < -0.4 is 15.8 Å². The second-order valence-corrected chi connectivity index (χ2v) is 9.00. The molecule has 0 fully saturated rings. The molecule has 0 bridgehead atoms. The monoisotopic (exact) mass is 416 g/mol. The van der Waals surface area contributed by atoms with Crippen LogP contribution in [0.5, 0.6) is 0 Å². The molecule has 1 aromatic carbocycles. The first kappa shape index (κ1) is 23.4. The van der Waals surface area contributed by atoms with Crippen molar-refractivity contribution in [3.8, 4) is 0 Å². The quantitative estimate of drug-likeness (QED) is 0.560. The highest BCUT2D eigenvalue weighted by atomic mass is 35.5. The Kier molecular flexibility index (Phi) is 8.25. The van der Waals surface area contributed by atoms with E-state index in [1.807, 2.05) is 6.92 Å². The molecule has 1 aliphatic rings. The number of benzene rings is 1. The van der Waals surface area contributed by atoms with Gasteiger partial charge in [0, 0.05) is 30.6 Å². The van der Waals surface area contributed by atoms with E-state index in [0.717, 1.165) is 6.42 Å². The van der Waals surface area contributed by atoms with Gasteiger partial charge in [-0.25, -0.2) is 8.42 Å². The van der Waals surface area contributed by atoms with Crippen molar-refractivity contribution in [3.63, 3.8) is 0 Å². The number of nitrogens with one attached hydrogen (secondary N) is 2. The standard InChI is InChI=1S/C18H28N4O3S.ClH/c1-13(2)11-18(3,12-19)21-16(23)9-6-10-20-17-14-7-4-5-8-15(14)26(24,25)22-17;/h4-5,7-8,13H,6,9-12,19H2,1-3H3,(H,20,22)(H,21,23);1H. The van der Waals surface area contributed by atoms with E-state index < -0.39 is 15.6 Å². The van der Waals surface area contributed by atoms with Gasteiger partial charge in [0.15, 0.2) is 0 Å². The van der Waals surface area contributed by atoms with Crippen molar-refractivity contribution in [2.45, 2.75) is 50.5 Å². The Morgan fingerprint density at radius 1 is 1.33 bits per heavy atom. The van der Waals surface area contributed by atoms with Crippen LogP contribution in [0, 0.1) is 5.92 Å². The van der Waals surface area contributed by atoms with E-state index in [2.05, 4.69) is 28.9 Å². The number of amidine groups is 1. The fourth-order valence-corrected chi connectivity index (χ4v) is 4.42. The predicted molar refractivity (Wildman–Crippen MR) is 110 cm³/mol. The summed E-state index contributed by atoms with van der Waals surface area (Å²) in [4.78, 5) is 16.7. The van der Waals surface area contributed by atoms with Gasteiger partial charge in [0.25, 0.3) is 10.0 Å². The number of carbonyl (C=O) groups excluding carboxylic acids is 1. The number of halogens is 1. The third-order valence-electron chi connectivity index (χ3n) is 4.25. The molecular weight excluding hydrogens is 388 g/mol. The molecule has 2 rings (SSSR count). The molecule has 1 unspecified atom stereocenters. The Balaban J connectivity index is 0.00000364. The number of hydrogen-bond donors (Lipinski definition) is 3. The average Bonchev–Trinajstić information content (AvgIpc) is 2.82. The maximum atomic E-state index is 12.2. The topological polar surface area (TPSA) is 114 Å². The first-order chi connectivity index (χ1) is 12.2. The highest BCUT2D eigenvalue weighted by Crippen LogP contribution is 2.22. The van der Waals surface area contributed by atoms with Crippen molar-refractivity contribution in [2.24, 2.45) is 16.6 Å². The van der Waals surface area contributed by atoms with Gasteiger partial charge in [0.2, 0.25) is 5.91 Å². The Bertz CT molecular complexity index is 796. The molecule has 27 heavy (non-hydrogen) atoms. The molecule has 1 aromatic rings. The summed E-state index contributed by atoms with van der Waals surface area (Å²) >= 11 is 0. The minimum atomic E-state index is -3.52. The van der Waals surface area contributed by atoms with Crippen LogP contribution in [0.4, 0.5) is 0 Å². The third-order valence-corrected chi connectivity index (χ3v) is 5.64. The Hall–Kier alpha value is -1.64. The van der Waals surface area contributed by atoms with Crippen LogP contribution in [0.1, 0.15) is 45.6 Å². The molecule has 1 heterocycles. The molecule has 0 aromatic heterocycles. The normalized spacial score (nSPS) is 18.3. The van der Waals surface area contributed by atoms with Gasteiger partial charge >= 0.3 is 0 Å². The van der Waals surface area contributed by atoms with Gasteiger partial charge in [0.05, 0.1) is 4.90 Å². The number of amides is 1. The number of hydrogen-bond acceptors (Lipinski definition) is 5. The first-order valence-electron chi connectivity index (χ1n) is 8.84. The number of aliphatic imine (C=N–C) groups is 1. The van der Waals surface area contributed by atoms with Crippen molar-refractivity contribution in [3.05, 3.63) is 29.8 Å². The lowest BCUT2D eigenvalue weighted by atomic mass is 9.90. The summed E-state index contributed by atoms with van der Waals surface area (Å²) in [6.07, 6.45) is 1.66. The van der Waals surface area contributed by atoms with Crippen LogP contribution in [0.15, 0.2) is 34.2 Å². The number of rotatable bonds is 8. The third kappa shape index (κ3) is 6.19. The van der Waals surface area contributed by atoms with Crippen molar-refractivity contribution in [1.82, 2.24) is 10.0 Å². The highest BCUT2D eigenvalue weighted by Gasteiger charge is 2.30. The van der Waals surface area contributed by atoms with Crippen molar-refractivity contribution >= 4 is 34.2 Å². The number of carbonyl (C=O) groups is 1. The maximum Gasteiger partial charge on any atom is 0.263 e. The molecule has 0 saturated heterocycles. The molecule has 4 N–H and O–H groups in total. The van der Waals surface area contributed by atoms with Gasteiger partial charge in [-0.05, 0) is 37.8 Å². The fraction of sp³-hybridized carbons (Fsp3) is 0.556. The van der Waals surface area contributed by atoms with Crippen LogP contribution in [0.3, 0.4) is 0 Å². The van der Waals surface area contributed by atoms with Crippen LogP contribution in [0.2, 0.25) is 0 Å². The number of nitrogens with zero attached hydrogens (tertiary/aromatic N) is 1. The largest absolute Gasteiger partial charge is 0.350 e. The van der Waals surface area contributed by atoms with Crippen LogP contribution >= 0.6 is 12.4 Å². The summed E-state index contributed by atoms with van der Waals surface area (Å²) in [5.41, 5.74) is 5.98. The zero-order chi connectivity index (χ0) is 19.4. The minimum Gasteiger partial charge on any atom is -0.350 e. The second-order valence-electron chi connectivity index (χ2n) is 7.35. The molecule has 7 nitrogen and oxygen atoms in total. The minimum absolute atomic E-state index is 0. The van der Waals surface area contributed by atoms with Crippen LogP contribution in [-0.4, -0.2) is 38.8 Å². The average molecular weight is 417 g/mol. The van der Waals surface area contributed by atoms with Crippen LogP contribution in [0.25, 0.3) is 0 Å². The summed E-state index contributed by atoms with van der Waals surface area (Å²) in [7, 11) is -3.52. The van der Waals surface area contributed by atoms with E-state index in [4.69, 9.17) is 5.73 Å². The molecule has 152 valence electrons. The van der Waals surface area contributed by atoms with Crippen molar-refractivity contribution in [1.29, 1.82) is 0 Å². The lowest BCUT2D eigenvalue weighted by Gasteiger charge is -2.31. The Morgan fingerprint density at radius 3 is 2.63 bits per heavy atom. The molecule has 0 spiro atoms. The SMILES string of the molecule is CC(C)CC(C)(CN)NC(=O)CCCN=C1NS(=O)(=O)c2ccccc21.Cl. The van der Waals surface area contributed by atoms with Crippen molar-refractivity contribution < 1.29 is 13.2 Å². The van der Waals surface area contributed by atoms with E-state index >= 15 is 0 Å².